The Labute approximate surface area is 170 Å². The van der Waals surface area contributed by atoms with Crippen LogP contribution in [0.2, 0.25) is 0 Å². The fraction of sp³-hybridized carbons (Fsp3) is 0.208. The Balaban J connectivity index is 1.50. The molecule has 1 N–H and O–H groups in total. The number of hydrogen-bond acceptors (Lipinski definition) is 4. The number of methoxy groups -OCH3 is 1. The van der Waals surface area contributed by atoms with Crippen LogP contribution in [0.15, 0.2) is 66.9 Å². The van der Waals surface area contributed by atoms with E-state index in [9.17, 15) is 9.59 Å². The van der Waals surface area contributed by atoms with E-state index in [-0.39, 0.29) is 11.7 Å². The summed E-state index contributed by atoms with van der Waals surface area (Å²) in [4.78, 5) is 28.0. The number of rotatable bonds is 8. The molecule has 0 spiro atoms. The normalized spacial score (nSPS) is 10.4. The van der Waals surface area contributed by atoms with Crippen molar-refractivity contribution < 1.29 is 14.3 Å². The van der Waals surface area contributed by atoms with Gasteiger partial charge in [-0.3, -0.25) is 14.6 Å². The minimum absolute atomic E-state index is 0.0310. The number of ketones is 1. The topological polar surface area (TPSA) is 68.3 Å². The van der Waals surface area contributed by atoms with Gasteiger partial charge in [0.15, 0.2) is 5.78 Å². The van der Waals surface area contributed by atoms with Crippen molar-refractivity contribution in [1.29, 1.82) is 0 Å². The second kappa shape index (κ2) is 9.64. The lowest BCUT2D eigenvalue weighted by atomic mass is 10.1. The zero-order valence-corrected chi connectivity index (χ0v) is 16.6. The summed E-state index contributed by atoms with van der Waals surface area (Å²) in [5.41, 5.74) is 4.07. The molecule has 0 aliphatic heterocycles. The molecule has 0 bridgehead atoms. The highest BCUT2D eigenvalue weighted by atomic mass is 16.5. The number of benzene rings is 2. The highest BCUT2D eigenvalue weighted by Crippen LogP contribution is 2.18. The lowest BCUT2D eigenvalue weighted by molar-refractivity contribution is 0.0951. The van der Waals surface area contributed by atoms with Crippen LogP contribution in [0, 0.1) is 0 Å². The van der Waals surface area contributed by atoms with Crippen LogP contribution >= 0.6 is 0 Å². The molecule has 1 aromatic heterocycles. The first-order valence-electron chi connectivity index (χ1n) is 9.55. The summed E-state index contributed by atoms with van der Waals surface area (Å²) in [7, 11) is 1.65. The highest BCUT2D eigenvalue weighted by Gasteiger charge is 2.07. The molecular formula is C24H24N2O3. The standard InChI is InChI=1S/C24H24N2O3/c1-17(27)19-7-9-20(10-8-19)23-14-11-21(16-26-23)24(28)25-15-3-4-18-5-12-22(29-2)13-6-18/h5-14,16H,3-4,15H2,1-2H3,(H,25,28). The van der Waals surface area contributed by atoms with E-state index in [0.29, 0.717) is 17.7 Å². The van der Waals surface area contributed by atoms with E-state index in [2.05, 4.69) is 10.3 Å². The van der Waals surface area contributed by atoms with Gasteiger partial charge in [-0.05, 0) is 49.6 Å². The summed E-state index contributed by atoms with van der Waals surface area (Å²) in [6.45, 7) is 2.14. The van der Waals surface area contributed by atoms with Gasteiger partial charge < -0.3 is 10.1 Å². The number of nitrogens with zero attached hydrogens (tertiary/aromatic N) is 1. The van der Waals surface area contributed by atoms with E-state index in [4.69, 9.17) is 4.74 Å². The highest BCUT2D eigenvalue weighted by molar-refractivity contribution is 5.95. The second-order valence-corrected chi connectivity index (χ2v) is 6.77. The summed E-state index contributed by atoms with van der Waals surface area (Å²) in [5.74, 6) is 0.738. The van der Waals surface area contributed by atoms with Crippen molar-refractivity contribution in [3.63, 3.8) is 0 Å². The van der Waals surface area contributed by atoms with Gasteiger partial charge in [0, 0.05) is 23.9 Å². The van der Waals surface area contributed by atoms with E-state index in [1.54, 1.807) is 31.5 Å². The third-order valence-electron chi connectivity index (χ3n) is 4.70. The molecule has 0 fully saturated rings. The lowest BCUT2D eigenvalue weighted by Gasteiger charge is -2.07. The number of hydrogen-bond donors (Lipinski definition) is 1. The van der Waals surface area contributed by atoms with Crippen molar-refractivity contribution in [1.82, 2.24) is 10.3 Å². The van der Waals surface area contributed by atoms with Crippen LogP contribution in [0.1, 0.15) is 39.6 Å². The number of pyridine rings is 1. The Morgan fingerprint density at radius 1 is 0.931 bits per heavy atom. The predicted molar refractivity (Wildman–Crippen MR) is 113 cm³/mol. The van der Waals surface area contributed by atoms with E-state index in [0.717, 1.165) is 29.8 Å². The molecule has 29 heavy (non-hydrogen) atoms. The molecule has 0 saturated heterocycles. The molecule has 0 aliphatic carbocycles. The molecule has 0 atom stereocenters. The predicted octanol–water partition coefficient (Wildman–Crippen LogP) is 4.32. The lowest BCUT2D eigenvalue weighted by Crippen LogP contribution is -2.24. The Kier molecular flexibility index (Phi) is 6.74. The molecule has 0 radical (unpaired) electrons. The Hall–Kier alpha value is -3.47. The third kappa shape index (κ3) is 5.51. The van der Waals surface area contributed by atoms with Crippen molar-refractivity contribution in [3.8, 4) is 17.0 Å². The maximum atomic E-state index is 12.3. The van der Waals surface area contributed by atoms with Crippen LogP contribution in [-0.2, 0) is 6.42 Å². The number of nitrogens with one attached hydrogen (secondary N) is 1. The quantitative estimate of drug-likeness (QED) is 0.461. The molecule has 1 heterocycles. The summed E-state index contributed by atoms with van der Waals surface area (Å²) < 4.78 is 5.15. The molecule has 148 valence electrons. The summed E-state index contributed by atoms with van der Waals surface area (Å²) >= 11 is 0. The number of amides is 1. The number of carbonyl (C=O) groups excluding carboxylic acids is 2. The van der Waals surface area contributed by atoms with E-state index in [1.807, 2.05) is 42.5 Å². The van der Waals surface area contributed by atoms with Crippen LogP contribution < -0.4 is 10.1 Å². The van der Waals surface area contributed by atoms with E-state index < -0.39 is 0 Å². The largest absolute Gasteiger partial charge is 0.497 e. The first-order chi connectivity index (χ1) is 14.1. The van der Waals surface area contributed by atoms with Gasteiger partial charge in [-0.15, -0.1) is 0 Å². The molecular weight excluding hydrogens is 364 g/mol. The number of aryl methyl sites for hydroxylation is 1. The minimum Gasteiger partial charge on any atom is -0.497 e. The summed E-state index contributed by atoms with van der Waals surface area (Å²) in [6, 6.07) is 18.8. The first kappa shape index (κ1) is 20.3. The Bertz CT molecular complexity index is 963. The smallest absolute Gasteiger partial charge is 0.252 e. The number of carbonyl (C=O) groups is 2. The van der Waals surface area contributed by atoms with Gasteiger partial charge in [-0.2, -0.15) is 0 Å². The first-order valence-corrected chi connectivity index (χ1v) is 9.55. The maximum Gasteiger partial charge on any atom is 0.252 e. The molecule has 3 rings (SSSR count). The van der Waals surface area contributed by atoms with Crippen LogP contribution in [0.25, 0.3) is 11.3 Å². The Morgan fingerprint density at radius 2 is 1.62 bits per heavy atom. The molecule has 1 amide bonds. The van der Waals surface area contributed by atoms with Gasteiger partial charge in [0.25, 0.3) is 5.91 Å². The molecule has 0 unspecified atom stereocenters. The van der Waals surface area contributed by atoms with Crippen molar-refractivity contribution >= 4 is 11.7 Å². The minimum atomic E-state index is -0.134. The van der Waals surface area contributed by atoms with Gasteiger partial charge in [0.05, 0.1) is 18.4 Å². The zero-order valence-electron chi connectivity index (χ0n) is 16.6. The average molecular weight is 388 g/mol. The second-order valence-electron chi connectivity index (χ2n) is 6.77. The number of Topliss-reactive ketones (excluding diaryl/α,β-unsaturated/α-hetero) is 1. The van der Waals surface area contributed by atoms with Crippen LogP contribution in [0.5, 0.6) is 5.75 Å². The fourth-order valence-corrected chi connectivity index (χ4v) is 2.96. The third-order valence-corrected chi connectivity index (χ3v) is 4.70. The van der Waals surface area contributed by atoms with E-state index in [1.165, 1.54) is 12.5 Å². The molecule has 5 heteroatoms. The van der Waals surface area contributed by atoms with Gasteiger partial charge in [-0.1, -0.05) is 36.4 Å². The Morgan fingerprint density at radius 3 is 2.21 bits per heavy atom. The monoisotopic (exact) mass is 388 g/mol. The van der Waals surface area contributed by atoms with E-state index >= 15 is 0 Å². The summed E-state index contributed by atoms with van der Waals surface area (Å²) in [5, 5.41) is 2.93. The van der Waals surface area contributed by atoms with Crippen molar-refractivity contribution in [2.24, 2.45) is 0 Å². The summed E-state index contributed by atoms with van der Waals surface area (Å²) in [6.07, 6.45) is 3.32. The molecule has 0 saturated carbocycles. The van der Waals surface area contributed by atoms with Crippen molar-refractivity contribution in [2.75, 3.05) is 13.7 Å². The van der Waals surface area contributed by atoms with Crippen LogP contribution in [0.3, 0.4) is 0 Å². The maximum absolute atomic E-state index is 12.3. The molecule has 2 aromatic carbocycles. The fourth-order valence-electron chi connectivity index (χ4n) is 2.96. The van der Waals surface area contributed by atoms with Crippen molar-refractivity contribution in [3.05, 3.63) is 83.6 Å². The van der Waals surface area contributed by atoms with Crippen LogP contribution in [0.4, 0.5) is 0 Å². The zero-order chi connectivity index (χ0) is 20.6. The van der Waals surface area contributed by atoms with Gasteiger partial charge >= 0.3 is 0 Å². The van der Waals surface area contributed by atoms with Gasteiger partial charge in [0.2, 0.25) is 0 Å². The number of ether oxygens (including phenoxy) is 1. The average Bonchev–Trinajstić information content (AvgIpc) is 2.77. The van der Waals surface area contributed by atoms with Gasteiger partial charge in [-0.25, -0.2) is 0 Å². The molecule has 5 nitrogen and oxygen atoms in total. The van der Waals surface area contributed by atoms with Gasteiger partial charge in [0.1, 0.15) is 5.75 Å². The van der Waals surface area contributed by atoms with Crippen LogP contribution in [-0.4, -0.2) is 30.3 Å². The molecule has 3 aromatic rings. The number of aromatic nitrogens is 1. The van der Waals surface area contributed by atoms with Crippen molar-refractivity contribution in [2.45, 2.75) is 19.8 Å². The molecule has 0 aliphatic rings. The SMILES string of the molecule is COc1ccc(CCCNC(=O)c2ccc(-c3ccc(C(C)=O)cc3)nc2)cc1.